The first-order valence-electron chi connectivity index (χ1n) is 8.17. The lowest BCUT2D eigenvalue weighted by Gasteiger charge is -2.25. The highest BCUT2D eigenvalue weighted by atomic mass is 16.5. The number of rotatable bonds is 3. The Labute approximate surface area is 126 Å². The molecule has 114 valence electrons. The van der Waals surface area contributed by atoms with Crippen molar-refractivity contribution in [2.24, 2.45) is 5.92 Å². The van der Waals surface area contributed by atoms with E-state index < -0.39 is 0 Å². The third-order valence-corrected chi connectivity index (χ3v) is 5.04. The zero-order valence-corrected chi connectivity index (χ0v) is 12.4. The molecular formula is C16H24N4O. The minimum atomic E-state index is 0.501. The van der Waals surface area contributed by atoms with Gasteiger partial charge in [0.2, 0.25) is 0 Å². The molecule has 0 aliphatic carbocycles. The summed E-state index contributed by atoms with van der Waals surface area (Å²) in [4.78, 5) is 6.98. The van der Waals surface area contributed by atoms with E-state index in [-0.39, 0.29) is 0 Å². The van der Waals surface area contributed by atoms with Gasteiger partial charge in [0.15, 0.2) is 0 Å². The first kappa shape index (κ1) is 13.3. The van der Waals surface area contributed by atoms with Crippen LogP contribution >= 0.6 is 0 Å². The molecule has 0 saturated carbocycles. The SMILES string of the molecule is c1cc(N2CC3CCN[C@H]3C2)cc(NC2CCOCC2)n1. The van der Waals surface area contributed by atoms with Crippen molar-refractivity contribution >= 4 is 11.5 Å². The van der Waals surface area contributed by atoms with Crippen LogP contribution in [-0.4, -0.2) is 49.9 Å². The van der Waals surface area contributed by atoms with Crippen molar-refractivity contribution in [1.29, 1.82) is 0 Å². The summed E-state index contributed by atoms with van der Waals surface area (Å²) >= 11 is 0. The Balaban J connectivity index is 1.43. The molecular weight excluding hydrogens is 264 g/mol. The monoisotopic (exact) mass is 288 g/mol. The van der Waals surface area contributed by atoms with E-state index in [1.807, 2.05) is 6.20 Å². The van der Waals surface area contributed by atoms with E-state index in [0.717, 1.165) is 44.3 Å². The van der Waals surface area contributed by atoms with E-state index >= 15 is 0 Å². The van der Waals surface area contributed by atoms with Crippen molar-refractivity contribution in [3.8, 4) is 0 Å². The minimum Gasteiger partial charge on any atom is -0.381 e. The number of pyridine rings is 1. The molecule has 0 bridgehead atoms. The van der Waals surface area contributed by atoms with Crippen LogP contribution in [0.3, 0.4) is 0 Å². The first-order valence-corrected chi connectivity index (χ1v) is 8.17. The number of aromatic nitrogens is 1. The van der Waals surface area contributed by atoms with Crippen LogP contribution < -0.4 is 15.5 Å². The summed E-state index contributed by atoms with van der Waals surface area (Å²) in [6, 6.07) is 5.53. The first-order chi connectivity index (χ1) is 10.4. The van der Waals surface area contributed by atoms with E-state index in [4.69, 9.17) is 4.74 Å². The van der Waals surface area contributed by atoms with E-state index in [9.17, 15) is 0 Å². The van der Waals surface area contributed by atoms with Gasteiger partial charge in [-0.1, -0.05) is 0 Å². The van der Waals surface area contributed by atoms with E-state index in [2.05, 4.69) is 32.7 Å². The van der Waals surface area contributed by atoms with Crippen LogP contribution in [0.5, 0.6) is 0 Å². The zero-order valence-electron chi connectivity index (χ0n) is 12.4. The lowest BCUT2D eigenvalue weighted by atomic mass is 10.1. The number of anilines is 2. The van der Waals surface area contributed by atoms with Crippen LogP contribution in [0.4, 0.5) is 11.5 Å². The second-order valence-corrected chi connectivity index (χ2v) is 6.44. The van der Waals surface area contributed by atoms with E-state index in [1.165, 1.54) is 25.2 Å². The summed E-state index contributed by atoms with van der Waals surface area (Å²) in [7, 11) is 0. The number of nitrogens with one attached hydrogen (secondary N) is 2. The summed E-state index contributed by atoms with van der Waals surface area (Å²) in [6.07, 6.45) is 5.39. The van der Waals surface area contributed by atoms with Gasteiger partial charge in [-0.15, -0.1) is 0 Å². The molecule has 3 aliphatic rings. The van der Waals surface area contributed by atoms with Gasteiger partial charge in [0.1, 0.15) is 5.82 Å². The van der Waals surface area contributed by atoms with Gasteiger partial charge in [-0.3, -0.25) is 0 Å². The van der Waals surface area contributed by atoms with Crippen molar-refractivity contribution in [2.75, 3.05) is 43.1 Å². The molecule has 1 aromatic heterocycles. The predicted molar refractivity (Wildman–Crippen MR) is 83.8 cm³/mol. The van der Waals surface area contributed by atoms with Crippen LogP contribution in [0.2, 0.25) is 0 Å². The number of nitrogens with zero attached hydrogens (tertiary/aromatic N) is 2. The van der Waals surface area contributed by atoms with Crippen LogP contribution in [-0.2, 0) is 4.74 Å². The number of hydrogen-bond donors (Lipinski definition) is 2. The van der Waals surface area contributed by atoms with Crippen LogP contribution in [0.1, 0.15) is 19.3 Å². The minimum absolute atomic E-state index is 0.501. The summed E-state index contributed by atoms with van der Waals surface area (Å²) in [6.45, 7) is 5.22. The van der Waals surface area contributed by atoms with Gasteiger partial charge >= 0.3 is 0 Å². The fraction of sp³-hybridized carbons (Fsp3) is 0.688. The number of ether oxygens (including phenoxy) is 1. The quantitative estimate of drug-likeness (QED) is 0.882. The molecule has 3 saturated heterocycles. The second kappa shape index (κ2) is 5.81. The molecule has 5 heteroatoms. The van der Waals surface area contributed by atoms with E-state index in [1.54, 1.807) is 0 Å². The molecule has 3 aliphatic heterocycles. The van der Waals surface area contributed by atoms with Gasteiger partial charge < -0.3 is 20.3 Å². The average Bonchev–Trinajstić information content (AvgIpc) is 3.10. The Bertz CT molecular complexity index is 477. The normalized spacial score (nSPS) is 29.6. The predicted octanol–water partition coefficient (Wildman–Crippen LogP) is 1.47. The standard InChI is InChI=1S/C16H24N4O/c1-5-17-15-11-20(10-12(1)15)14-2-6-18-16(9-14)19-13-3-7-21-8-4-13/h2,6,9,12-13,15,17H,1,3-5,7-8,10-11H2,(H,18,19)/t12?,15-/m0/s1. The molecule has 2 N–H and O–H groups in total. The Kier molecular flexibility index (Phi) is 3.69. The Morgan fingerprint density at radius 1 is 1.24 bits per heavy atom. The Morgan fingerprint density at radius 3 is 3.00 bits per heavy atom. The van der Waals surface area contributed by atoms with Crippen molar-refractivity contribution in [1.82, 2.24) is 10.3 Å². The maximum atomic E-state index is 5.41. The van der Waals surface area contributed by atoms with Gasteiger partial charge in [-0.25, -0.2) is 4.98 Å². The van der Waals surface area contributed by atoms with Gasteiger partial charge in [0, 0.05) is 56.3 Å². The van der Waals surface area contributed by atoms with Crippen LogP contribution in [0, 0.1) is 5.92 Å². The van der Waals surface area contributed by atoms with Gasteiger partial charge in [-0.2, -0.15) is 0 Å². The highest BCUT2D eigenvalue weighted by Gasteiger charge is 2.36. The molecule has 0 spiro atoms. The highest BCUT2D eigenvalue weighted by Crippen LogP contribution is 2.29. The molecule has 4 heterocycles. The second-order valence-electron chi connectivity index (χ2n) is 6.44. The van der Waals surface area contributed by atoms with E-state index in [0.29, 0.717) is 12.1 Å². The van der Waals surface area contributed by atoms with Gasteiger partial charge in [-0.05, 0) is 37.8 Å². The van der Waals surface area contributed by atoms with Crippen LogP contribution in [0.15, 0.2) is 18.3 Å². The maximum Gasteiger partial charge on any atom is 0.128 e. The number of hydrogen-bond acceptors (Lipinski definition) is 5. The van der Waals surface area contributed by atoms with Crippen molar-refractivity contribution in [3.63, 3.8) is 0 Å². The summed E-state index contributed by atoms with van der Waals surface area (Å²) in [5.41, 5.74) is 1.30. The topological polar surface area (TPSA) is 49.4 Å². The fourth-order valence-electron chi connectivity index (χ4n) is 3.81. The van der Waals surface area contributed by atoms with Crippen molar-refractivity contribution < 1.29 is 4.74 Å². The smallest absolute Gasteiger partial charge is 0.128 e. The molecule has 0 radical (unpaired) electrons. The number of fused-ring (bicyclic) bond motifs is 1. The maximum absolute atomic E-state index is 5.41. The molecule has 21 heavy (non-hydrogen) atoms. The molecule has 0 amide bonds. The van der Waals surface area contributed by atoms with Crippen LogP contribution in [0.25, 0.3) is 0 Å². The van der Waals surface area contributed by atoms with Crippen molar-refractivity contribution in [2.45, 2.75) is 31.3 Å². The third kappa shape index (κ3) is 2.85. The lowest BCUT2D eigenvalue weighted by Crippen LogP contribution is -2.30. The molecule has 0 aromatic carbocycles. The molecule has 1 unspecified atom stereocenters. The summed E-state index contributed by atoms with van der Waals surface area (Å²) in [5.74, 6) is 1.83. The summed E-state index contributed by atoms with van der Waals surface area (Å²) in [5, 5.41) is 7.17. The molecule has 4 rings (SSSR count). The largest absolute Gasteiger partial charge is 0.381 e. The molecule has 5 nitrogen and oxygen atoms in total. The molecule has 2 atom stereocenters. The fourth-order valence-corrected chi connectivity index (χ4v) is 3.81. The lowest BCUT2D eigenvalue weighted by molar-refractivity contribution is 0.0904. The van der Waals surface area contributed by atoms with Gasteiger partial charge in [0.25, 0.3) is 0 Å². The highest BCUT2D eigenvalue weighted by molar-refractivity contribution is 5.55. The van der Waals surface area contributed by atoms with Crippen molar-refractivity contribution in [3.05, 3.63) is 18.3 Å². The third-order valence-electron chi connectivity index (χ3n) is 5.04. The molecule has 3 fully saturated rings. The zero-order chi connectivity index (χ0) is 14.1. The summed E-state index contributed by atoms with van der Waals surface area (Å²) < 4.78 is 5.41. The Hall–Kier alpha value is -1.33. The average molecular weight is 288 g/mol. The molecule has 1 aromatic rings. The van der Waals surface area contributed by atoms with Gasteiger partial charge in [0.05, 0.1) is 0 Å². The Morgan fingerprint density at radius 2 is 2.14 bits per heavy atom.